The number of nitrogens with zero attached hydrogens (tertiary/aromatic N) is 1. The van der Waals surface area contributed by atoms with Gasteiger partial charge in [0.2, 0.25) is 6.10 Å². The van der Waals surface area contributed by atoms with Gasteiger partial charge in [0.25, 0.3) is 5.91 Å². The zero-order valence-electron chi connectivity index (χ0n) is 14.3. The van der Waals surface area contributed by atoms with Crippen LogP contribution in [0.5, 0.6) is 11.5 Å². The average molecular weight is 366 g/mol. The minimum Gasteiger partial charge on any atom is -0.485 e. The van der Waals surface area contributed by atoms with Crippen molar-refractivity contribution in [3.63, 3.8) is 0 Å². The SMILES string of the molecule is CCc1ccc(-c2csc(NC(=O)[C@@H]3COc4ccccc4O3)n2)cc1. The number of aryl methyl sites for hydroxylation is 1. The normalized spacial score (nSPS) is 15.5. The van der Waals surface area contributed by atoms with Gasteiger partial charge in [0.15, 0.2) is 16.6 Å². The number of anilines is 1. The third-order valence-corrected chi connectivity index (χ3v) is 4.95. The maximum Gasteiger partial charge on any atom is 0.270 e. The number of nitrogens with one attached hydrogen (secondary N) is 1. The molecule has 3 aromatic rings. The Morgan fingerprint density at radius 3 is 2.73 bits per heavy atom. The van der Waals surface area contributed by atoms with Gasteiger partial charge in [0.05, 0.1) is 5.69 Å². The molecule has 1 atom stereocenters. The molecule has 1 aliphatic heterocycles. The third kappa shape index (κ3) is 3.41. The van der Waals surface area contributed by atoms with Crippen molar-refractivity contribution in [2.24, 2.45) is 0 Å². The molecule has 2 heterocycles. The van der Waals surface area contributed by atoms with Crippen LogP contribution in [0.25, 0.3) is 11.3 Å². The van der Waals surface area contributed by atoms with Crippen LogP contribution in [0.3, 0.4) is 0 Å². The van der Waals surface area contributed by atoms with E-state index < -0.39 is 6.10 Å². The first-order valence-electron chi connectivity index (χ1n) is 8.47. The monoisotopic (exact) mass is 366 g/mol. The highest BCUT2D eigenvalue weighted by molar-refractivity contribution is 7.14. The maximum atomic E-state index is 12.5. The molecule has 1 aromatic heterocycles. The lowest BCUT2D eigenvalue weighted by Crippen LogP contribution is -2.40. The van der Waals surface area contributed by atoms with Crippen molar-refractivity contribution in [2.45, 2.75) is 19.4 Å². The summed E-state index contributed by atoms with van der Waals surface area (Å²) in [6, 6.07) is 15.6. The molecule has 0 saturated heterocycles. The van der Waals surface area contributed by atoms with E-state index in [0.717, 1.165) is 17.7 Å². The van der Waals surface area contributed by atoms with E-state index >= 15 is 0 Å². The van der Waals surface area contributed by atoms with Crippen molar-refractivity contribution in [3.8, 4) is 22.8 Å². The van der Waals surface area contributed by atoms with Crippen LogP contribution in [-0.4, -0.2) is 23.6 Å². The van der Waals surface area contributed by atoms with E-state index in [-0.39, 0.29) is 12.5 Å². The van der Waals surface area contributed by atoms with Crippen LogP contribution in [0.1, 0.15) is 12.5 Å². The van der Waals surface area contributed by atoms with E-state index in [1.165, 1.54) is 16.9 Å². The second kappa shape index (κ2) is 7.17. The molecular formula is C20H18N2O3S. The molecule has 1 N–H and O–H groups in total. The lowest BCUT2D eigenvalue weighted by Gasteiger charge is -2.25. The van der Waals surface area contributed by atoms with Crippen LogP contribution in [0, 0.1) is 0 Å². The van der Waals surface area contributed by atoms with Crippen molar-refractivity contribution < 1.29 is 14.3 Å². The lowest BCUT2D eigenvalue weighted by atomic mass is 10.1. The summed E-state index contributed by atoms with van der Waals surface area (Å²) >= 11 is 1.39. The molecule has 0 aliphatic carbocycles. The first-order chi connectivity index (χ1) is 12.7. The summed E-state index contributed by atoms with van der Waals surface area (Å²) in [5, 5.41) is 5.30. The fourth-order valence-electron chi connectivity index (χ4n) is 2.71. The largest absolute Gasteiger partial charge is 0.485 e. The summed E-state index contributed by atoms with van der Waals surface area (Å²) in [6.07, 6.45) is 0.312. The van der Waals surface area contributed by atoms with Crippen LogP contribution < -0.4 is 14.8 Å². The highest BCUT2D eigenvalue weighted by Gasteiger charge is 2.27. The number of fused-ring (bicyclic) bond motifs is 1. The summed E-state index contributed by atoms with van der Waals surface area (Å²) in [4.78, 5) is 17.0. The number of ether oxygens (including phenoxy) is 2. The molecule has 2 aromatic carbocycles. The van der Waals surface area contributed by atoms with Crippen LogP contribution in [0.4, 0.5) is 5.13 Å². The molecule has 5 nitrogen and oxygen atoms in total. The summed E-state index contributed by atoms with van der Waals surface area (Å²) in [5.74, 6) is 0.972. The molecule has 0 saturated carbocycles. The number of benzene rings is 2. The first kappa shape index (κ1) is 16.6. The maximum absolute atomic E-state index is 12.5. The van der Waals surface area contributed by atoms with E-state index in [1.807, 2.05) is 23.6 Å². The van der Waals surface area contributed by atoms with Gasteiger partial charge < -0.3 is 9.47 Å². The number of hydrogen-bond acceptors (Lipinski definition) is 5. The number of hydrogen-bond donors (Lipinski definition) is 1. The number of carbonyl (C=O) groups excluding carboxylic acids is 1. The Hall–Kier alpha value is -2.86. The topological polar surface area (TPSA) is 60.5 Å². The summed E-state index contributed by atoms with van der Waals surface area (Å²) in [7, 11) is 0. The fourth-order valence-corrected chi connectivity index (χ4v) is 3.43. The molecule has 0 radical (unpaired) electrons. The van der Waals surface area contributed by atoms with Gasteiger partial charge in [-0.25, -0.2) is 4.98 Å². The average Bonchev–Trinajstić information content (AvgIpc) is 3.16. The number of aromatic nitrogens is 1. The van der Waals surface area contributed by atoms with Crippen molar-refractivity contribution >= 4 is 22.4 Å². The van der Waals surface area contributed by atoms with Crippen molar-refractivity contribution in [3.05, 3.63) is 59.5 Å². The zero-order chi connectivity index (χ0) is 17.9. The molecule has 26 heavy (non-hydrogen) atoms. The molecule has 0 spiro atoms. The summed E-state index contributed by atoms with van der Waals surface area (Å²) in [6.45, 7) is 2.31. The van der Waals surface area contributed by atoms with Gasteiger partial charge in [0, 0.05) is 10.9 Å². The molecule has 0 fully saturated rings. The van der Waals surface area contributed by atoms with Gasteiger partial charge in [0.1, 0.15) is 6.61 Å². The van der Waals surface area contributed by atoms with Crippen molar-refractivity contribution in [2.75, 3.05) is 11.9 Å². The van der Waals surface area contributed by atoms with E-state index in [1.54, 1.807) is 6.07 Å². The minimum atomic E-state index is -0.693. The molecule has 0 unspecified atom stereocenters. The highest BCUT2D eigenvalue weighted by atomic mass is 32.1. The van der Waals surface area contributed by atoms with Gasteiger partial charge in [-0.1, -0.05) is 43.3 Å². The quantitative estimate of drug-likeness (QED) is 0.753. The second-order valence-electron chi connectivity index (χ2n) is 5.94. The first-order valence-corrected chi connectivity index (χ1v) is 9.35. The van der Waals surface area contributed by atoms with Gasteiger partial charge in [-0.15, -0.1) is 11.3 Å². The molecule has 1 amide bonds. The Balaban J connectivity index is 1.43. The van der Waals surface area contributed by atoms with E-state index in [9.17, 15) is 4.79 Å². The van der Waals surface area contributed by atoms with Gasteiger partial charge in [-0.2, -0.15) is 0 Å². The lowest BCUT2D eigenvalue weighted by molar-refractivity contribution is -0.125. The van der Waals surface area contributed by atoms with Crippen LogP contribution >= 0.6 is 11.3 Å². The van der Waals surface area contributed by atoms with E-state index in [4.69, 9.17) is 9.47 Å². The number of thiazole rings is 1. The van der Waals surface area contributed by atoms with Crippen molar-refractivity contribution in [1.29, 1.82) is 0 Å². The van der Waals surface area contributed by atoms with Gasteiger partial charge in [-0.05, 0) is 24.1 Å². The fraction of sp³-hybridized carbons (Fsp3) is 0.200. The summed E-state index contributed by atoms with van der Waals surface area (Å²) in [5.41, 5.74) is 3.16. The standard InChI is InChI=1S/C20H18N2O3S/c1-2-13-7-9-14(10-8-13)15-12-26-20(21-15)22-19(23)18-11-24-16-5-3-4-6-17(16)25-18/h3-10,12,18H,2,11H2,1H3,(H,21,22,23)/t18-/m0/s1. The second-order valence-corrected chi connectivity index (χ2v) is 6.80. The predicted molar refractivity (Wildman–Crippen MR) is 102 cm³/mol. The Kier molecular flexibility index (Phi) is 4.58. The Bertz CT molecular complexity index is 921. The van der Waals surface area contributed by atoms with Gasteiger partial charge in [-0.3, -0.25) is 10.1 Å². The summed E-state index contributed by atoms with van der Waals surface area (Å²) < 4.78 is 11.3. The molecule has 1 aliphatic rings. The molecule has 0 bridgehead atoms. The van der Waals surface area contributed by atoms with Gasteiger partial charge >= 0.3 is 0 Å². The number of para-hydroxylation sites is 2. The van der Waals surface area contributed by atoms with Crippen LogP contribution in [-0.2, 0) is 11.2 Å². The zero-order valence-corrected chi connectivity index (χ0v) is 15.1. The third-order valence-electron chi connectivity index (χ3n) is 4.19. The van der Waals surface area contributed by atoms with Crippen LogP contribution in [0.2, 0.25) is 0 Å². The molecule has 6 heteroatoms. The molecule has 4 rings (SSSR count). The van der Waals surface area contributed by atoms with E-state index in [0.29, 0.717) is 16.6 Å². The Morgan fingerprint density at radius 2 is 1.96 bits per heavy atom. The van der Waals surface area contributed by atoms with Crippen LogP contribution in [0.15, 0.2) is 53.9 Å². The van der Waals surface area contributed by atoms with Crippen molar-refractivity contribution in [1.82, 2.24) is 4.98 Å². The Labute approximate surface area is 155 Å². The minimum absolute atomic E-state index is 0.180. The smallest absolute Gasteiger partial charge is 0.270 e. The number of amides is 1. The number of carbonyl (C=O) groups is 1. The molecular weight excluding hydrogens is 348 g/mol. The molecule has 132 valence electrons. The predicted octanol–water partition coefficient (Wildman–Crippen LogP) is 4.15. The highest BCUT2D eigenvalue weighted by Crippen LogP contribution is 2.31. The number of rotatable bonds is 4. The Morgan fingerprint density at radius 1 is 1.19 bits per heavy atom. The van der Waals surface area contributed by atoms with E-state index in [2.05, 4.69) is 41.5 Å².